The fraction of sp³-hybridized carbons (Fsp3) is 0.617. The van der Waals surface area contributed by atoms with E-state index in [1.807, 2.05) is 202 Å². The highest BCUT2D eigenvalue weighted by Gasteiger charge is 2.00. The lowest BCUT2D eigenvalue weighted by molar-refractivity contribution is -0.697. The van der Waals surface area contributed by atoms with Gasteiger partial charge in [-0.15, -0.1) is 6.58 Å². The van der Waals surface area contributed by atoms with Crippen molar-refractivity contribution in [2.75, 3.05) is 28.7 Å². The predicted molar refractivity (Wildman–Crippen MR) is 336 cm³/mol. The quantitative estimate of drug-likeness (QED) is 0.0446. The van der Waals surface area contributed by atoms with Crippen LogP contribution < -0.4 is 14.9 Å². The second kappa shape index (κ2) is 115. The van der Waals surface area contributed by atoms with Crippen LogP contribution in [0.5, 0.6) is 0 Å². The molecule has 68 heavy (non-hydrogen) atoms. The number of nitrogens with two attached hydrogens (primary N) is 1. The summed E-state index contributed by atoms with van der Waals surface area (Å²) in [5.41, 5.74) is 7.35. The summed E-state index contributed by atoms with van der Waals surface area (Å²) < 4.78 is 4.49. The van der Waals surface area contributed by atoms with Crippen LogP contribution in [0.3, 0.4) is 0 Å². The van der Waals surface area contributed by atoms with Crippen molar-refractivity contribution in [1.82, 2.24) is 4.98 Å². The molecule has 0 spiro atoms. The molecule has 0 aliphatic rings. The first-order chi connectivity index (χ1) is 33.2. The highest BCUT2D eigenvalue weighted by molar-refractivity contribution is 8.77. The number of rotatable bonds is 14. The van der Waals surface area contributed by atoms with E-state index in [0.717, 1.165) is 18.8 Å². The summed E-state index contributed by atoms with van der Waals surface area (Å²) in [5.74, 6) is 5.07. The van der Waals surface area contributed by atoms with E-state index in [1.54, 1.807) is 12.4 Å². The van der Waals surface area contributed by atoms with Crippen molar-refractivity contribution in [1.29, 1.82) is 0 Å². The number of aryl methyl sites for hydroxylation is 2. The molecule has 0 radical (unpaired) electrons. The Labute approximate surface area is 447 Å². The van der Waals surface area contributed by atoms with Crippen LogP contribution in [0.4, 0.5) is 5.69 Å². The van der Waals surface area contributed by atoms with Crippen LogP contribution in [-0.4, -0.2) is 28.0 Å². The molecule has 8 heteroatoms. The molecule has 0 amide bonds. The Bertz CT molecular complexity index is 1090. The number of para-hydroxylation sites is 1. The highest BCUT2D eigenvalue weighted by atomic mass is 33.1. The standard InChI is InChI=1S/C16H22N2S2.C6H7N.C6H14S2.C5H5N.C4H8.3C3H8.7C2H6/c1-3-9-17(10-4-1)13-7-15-19-20-16-8-14-18-11-5-2-6-12-18;7-6-4-2-1-3-5-6;1-3-5-7-8-6-4-2;1-2-4-6-5-3-1;1-4(2)3;3*1-3-2;7*1-2/h1-6,9-12H,7-8,13-16H2;1-5H,7H2;3-6H2,1-2H3;1-5H;1H2,2-3H3;3*3H2,1-2H3;7*1-2H3/q+2;;;;;;;;;;;;;;. The number of allylic oxidation sites excluding steroid dienone is 1. The molecular weight excluding hydrogens is 905 g/mol. The Balaban J connectivity index is -0.0000000640. The lowest BCUT2D eigenvalue weighted by Crippen LogP contribution is -2.32. The molecule has 0 fully saturated rings. The summed E-state index contributed by atoms with van der Waals surface area (Å²) in [6.45, 7) is 54.9. The van der Waals surface area contributed by atoms with Crippen LogP contribution in [0.1, 0.15) is 211 Å². The van der Waals surface area contributed by atoms with Crippen molar-refractivity contribution in [3.8, 4) is 0 Å². The smallest absolute Gasteiger partial charge is 0.168 e. The predicted octanol–water partition coefficient (Wildman–Crippen LogP) is 21.7. The number of nitrogen functional groups attached to an aromatic ring is 1. The largest absolute Gasteiger partial charge is 0.399 e. The van der Waals surface area contributed by atoms with Gasteiger partial charge in [-0.05, 0) is 51.0 Å². The van der Waals surface area contributed by atoms with E-state index < -0.39 is 0 Å². The van der Waals surface area contributed by atoms with Gasteiger partial charge in [-0.1, -0.05) is 257 Å². The number of aromatic nitrogens is 3. The van der Waals surface area contributed by atoms with Crippen LogP contribution >= 0.6 is 43.2 Å². The molecule has 0 saturated carbocycles. The van der Waals surface area contributed by atoms with Gasteiger partial charge in [-0.25, -0.2) is 9.13 Å². The Kier molecular flexibility index (Phi) is 156. The Morgan fingerprint density at radius 1 is 0.426 bits per heavy atom. The molecule has 3 heterocycles. The first-order valence-electron chi connectivity index (χ1n) is 26.9. The monoisotopic (exact) mass is 1030 g/mol. The van der Waals surface area contributed by atoms with E-state index in [-0.39, 0.29) is 0 Å². The number of nitrogens with zero attached hydrogens (tertiary/aromatic N) is 3. The maximum Gasteiger partial charge on any atom is 0.168 e. The van der Waals surface area contributed by atoms with Crippen molar-refractivity contribution >= 4 is 48.9 Å². The van der Waals surface area contributed by atoms with E-state index in [0.29, 0.717) is 0 Å². The van der Waals surface area contributed by atoms with Gasteiger partial charge < -0.3 is 5.73 Å². The molecule has 2 N–H and O–H groups in total. The molecule has 4 aromatic rings. The molecule has 1 aromatic carbocycles. The topological polar surface area (TPSA) is 46.7 Å². The second-order valence-electron chi connectivity index (χ2n) is 12.0. The Hall–Kier alpha value is -2.39. The van der Waals surface area contributed by atoms with Gasteiger partial charge >= 0.3 is 0 Å². The SMILES string of the molecule is C=C(C)C.CC.CC.CC.CC.CC.CC.CC.CCC.CCC.CCC.CCCSSCCC.Nc1ccccc1.c1cc[n+](CCCSSCCC[n+]2ccccc2)cc1.c1ccncc1. The van der Waals surface area contributed by atoms with Gasteiger partial charge in [0.25, 0.3) is 0 Å². The number of hydrogen-bond acceptors (Lipinski definition) is 6. The third kappa shape index (κ3) is 131. The summed E-state index contributed by atoms with van der Waals surface area (Å²) in [4.78, 5) is 3.78. The number of anilines is 1. The van der Waals surface area contributed by atoms with Crippen molar-refractivity contribution in [3.63, 3.8) is 0 Å². The van der Waals surface area contributed by atoms with Crippen molar-refractivity contribution in [3.05, 3.63) is 134 Å². The van der Waals surface area contributed by atoms with Crippen LogP contribution in [-0.2, 0) is 13.1 Å². The first kappa shape index (κ1) is 91.8. The number of hydrogen-bond donors (Lipinski definition) is 1. The Morgan fingerprint density at radius 2 is 0.662 bits per heavy atom. The van der Waals surface area contributed by atoms with E-state index in [9.17, 15) is 0 Å². The van der Waals surface area contributed by atoms with Gasteiger partial charge in [-0.2, -0.15) is 0 Å². The minimum absolute atomic E-state index is 0.822. The van der Waals surface area contributed by atoms with Crippen LogP contribution in [0.25, 0.3) is 0 Å². The average molecular weight is 1030 g/mol. The van der Waals surface area contributed by atoms with Crippen molar-refractivity contribution < 1.29 is 9.13 Å². The summed E-state index contributed by atoms with van der Waals surface area (Å²) in [7, 11) is 7.99. The normalized spacial score (nSPS) is 7.65. The molecular formula is C60H122N4S4+2. The average Bonchev–Trinajstić information content (AvgIpc) is 3.40. The van der Waals surface area contributed by atoms with Gasteiger partial charge in [0.05, 0.1) is 0 Å². The maximum atomic E-state index is 5.36. The molecule has 0 bridgehead atoms. The Morgan fingerprint density at radius 3 is 0.853 bits per heavy atom. The lowest BCUT2D eigenvalue weighted by Gasteiger charge is -1.99. The fourth-order valence-electron chi connectivity index (χ4n) is 2.95. The van der Waals surface area contributed by atoms with Crippen LogP contribution in [0.15, 0.2) is 134 Å². The lowest BCUT2D eigenvalue weighted by atomic mass is 10.3. The molecule has 0 unspecified atom stereocenters. The molecule has 4 nitrogen and oxygen atoms in total. The van der Waals surface area contributed by atoms with Crippen LogP contribution in [0, 0.1) is 0 Å². The summed E-state index contributed by atoms with van der Waals surface area (Å²) in [6, 6.07) is 27.7. The molecule has 0 aliphatic carbocycles. The number of pyridine rings is 3. The van der Waals surface area contributed by atoms with E-state index in [4.69, 9.17) is 5.73 Å². The van der Waals surface area contributed by atoms with E-state index in [1.165, 1.54) is 73.5 Å². The summed E-state index contributed by atoms with van der Waals surface area (Å²) in [5, 5.41) is 0. The van der Waals surface area contributed by atoms with E-state index in [2.05, 4.69) is 137 Å². The van der Waals surface area contributed by atoms with Crippen LogP contribution in [0.2, 0.25) is 0 Å². The third-order valence-electron chi connectivity index (χ3n) is 4.95. The van der Waals surface area contributed by atoms with Gasteiger partial charge in [0.1, 0.15) is 13.1 Å². The van der Waals surface area contributed by atoms with Crippen molar-refractivity contribution in [2.24, 2.45) is 0 Å². The molecule has 0 atom stereocenters. The molecule has 0 aliphatic heterocycles. The fourth-order valence-corrected chi connectivity index (χ4v) is 7.37. The van der Waals surface area contributed by atoms with Gasteiger partial charge in [-0.3, -0.25) is 4.98 Å². The highest BCUT2D eigenvalue weighted by Crippen LogP contribution is 2.22. The zero-order valence-electron chi connectivity index (χ0n) is 50.0. The molecule has 404 valence electrons. The molecule has 4 rings (SSSR count). The number of benzene rings is 1. The zero-order chi connectivity index (χ0) is 55.2. The van der Waals surface area contributed by atoms with Gasteiger partial charge in [0.15, 0.2) is 24.8 Å². The van der Waals surface area contributed by atoms with Gasteiger partial charge in [0, 0.05) is 78.2 Å². The molecule has 0 saturated heterocycles. The zero-order valence-corrected chi connectivity index (χ0v) is 53.3. The first-order valence-corrected chi connectivity index (χ1v) is 31.9. The second-order valence-corrected chi connectivity index (χ2v) is 17.4. The van der Waals surface area contributed by atoms with Gasteiger partial charge in [0.2, 0.25) is 0 Å². The maximum absolute atomic E-state index is 5.36. The third-order valence-corrected chi connectivity index (χ3v) is 10.3. The molecule has 3 aromatic heterocycles. The van der Waals surface area contributed by atoms with Crippen molar-refractivity contribution in [2.45, 2.75) is 224 Å². The summed E-state index contributed by atoms with van der Waals surface area (Å²) >= 11 is 0. The summed E-state index contributed by atoms with van der Waals surface area (Å²) in [6.07, 6.45) is 20.9. The van der Waals surface area contributed by atoms with E-state index >= 15 is 0 Å². The minimum atomic E-state index is 0.822. The minimum Gasteiger partial charge on any atom is -0.399 e.